The minimum absolute atomic E-state index is 0.0624. The highest BCUT2D eigenvalue weighted by atomic mass is 32.2. The molecular formula is C19H20F3N3O4S. The number of benzene rings is 2. The lowest BCUT2D eigenvalue weighted by Crippen LogP contribution is -2.28. The number of nitrogens with zero attached hydrogens (tertiary/aromatic N) is 1. The van der Waals surface area contributed by atoms with E-state index in [1.165, 1.54) is 50.4 Å². The molecule has 0 aliphatic rings. The fourth-order valence-corrected chi connectivity index (χ4v) is 3.34. The number of rotatable bonds is 6. The Morgan fingerprint density at radius 1 is 1.10 bits per heavy atom. The van der Waals surface area contributed by atoms with Gasteiger partial charge in [0.15, 0.2) is 0 Å². The van der Waals surface area contributed by atoms with E-state index >= 15 is 0 Å². The largest absolute Gasteiger partial charge is 0.416 e. The first-order valence-electron chi connectivity index (χ1n) is 8.58. The molecule has 7 nitrogen and oxygen atoms in total. The van der Waals surface area contributed by atoms with Crippen LogP contribution in [0.1, 0.15) is 28.4 Å². The van der Waals surface area contributed by atoms with Crippen LogP contribution in [0.2, 0.25) is 0 Å². The van der Waals surface area contributed by atoms with Crippen molar-refractivity contribution in [2.24, 2.45) is 0 Å². The monoisotopic (exact) mass is 443 g/mol. The quantitative estimate of drug-likeness (QED) is 0.716. The third kappa shape index (κ3) is 6.21. The van der Waals surface area contributed by atoms with Gasteiger partial charge in [-0.15, -0.1) is 0 Å². The zero-order valence-corrected chi connectivity index (χ0v) is 17.2. The molecule has 0 aliphatic heterocycles. The second kappa shape index (κ2) is 8.74. The van der Waals surface area contributed by atoms with Crippen molar-refractivity contribution in [1.29, 1.82) is 0 Å². The van der Waals surface area contributed by atoms with Crippen molar-refractivity contribution in [3.63, 3.8) is 0 Å². The maximum absolute atomic E-state index is 13.2. The smallest absolute Gasteiger partial charge is 0.337 e. The maximum atomic E-state index is 13.2. The van der Waals surface area contributed by atoms with Crippen molar-refractivity contribution in [3.05, 3.63) is 59.2 Å². The van der Waals surface area contributed by atoms with Gasteiger partial charge in [-0.05, 0) is 29.8 Å². The predicted molar refractivity (Wildman–Crippen MR) is 106 cm³/mol. The molecule has 0 spiro atoms. The summed E-state index contributed by atoms with van der Waals surface area (Å²) >= 11 is 0. The Morgan fingerprint density at radius 3 is 2.30 bits per heavy atom. The van der Waals surface area contributed by atoms with Gasteiger partial charge in [0.1, 0.15) is 0 Å². The Balaban J connectivity index is 2.42. The number of nitrogens with one attached hydrogen (secondary N) is 2. The number of carbonyl (C=O) groups is 2. The fourth-order valence-electron chi connectivity index (χ4n) is 2.76. The number of anilines is 2. The summed E-state index contributed by atoms with van der Waals surface area (Å²) in [6.07, 6.45) is -3.69. The normalized spacial score (nSPS) is 11.7. The van der Waals surface area contributed by atoms with E-state index in [1.807, 2.05) is 0 Å². The third-order valence-electron chi connectivity index (χ3n) is 3.94. The highest BCUT2D eigenvalue weighted by Crippen LogP contribution is 2.32. The molecule has 2 N–H and O–H groups in total. The minimum Gasteiger partial charge on any atom is -0.337 e. The van der Waals surface area contributed by atoms with E-state index in [-0.39, 0.29) is 29.0 Å². The lowest BCUT2D eigenvalue weighted by atomic mass is 10.1. The van der Waals surface area contributed by atoms with Crippen LogP contribution in [0.4, 0.5) is 24.5 Å². The second-order valence-electron chi connectivity index (χ2n) is 6.63. The van der Waals surface area contributed by atoms with Crippen LogP contribution in [0.25, 0.3) is 0 Å². The van der Waals surface area contributed by atoms with E-state index in [0.717, 1.165) is 17.2 Å². The summed E-state index contributed by atoms with van der Waals surface area (Å²) in [6, 6.07) is 8.79. The van der Waals surface area contributed by atoms with E-state index in [4.69, 9.17) is 0 Å². The predicted octanol–water partition coefficient (Wildman–Crippen LogP) is 3.31. The molecule has 0 fully saturated rings. The minimum atomic E-state index is -4.59. The maximum Gasteiger partial charge on any atom is 0.416 e. The lowest BCUT2D eigenvalue weighted by Gasteiger charge is -2.22. The summed E-state index contributed by atoms with van der Waals surface area (Å²) in [5, 5.41) is 2.47. The Hall–Kier alpha value is -3.08. The molecule has 0 radical (unpaired) electrons. The van der Waals surface area contributed by atoms with Gasteiger partial charge < -0.3 is 10.2 Å². The summed E-state index contributed by atoms with van der Waals surface area (Å²) in [4.78, 5) is 25.3. The molecule has 0 heterocycles. The van der Waals surface area contributed by atoms with Crippen molar-refractivity contribution in [1.82, 2.24) is 4.90 Å². The topological polar surface area (TPSA) is 95.6 Å². The number of carbonyl (C=O) groups excluding carboxylic acids is 2. The molecule has 162 valence electrons. The Bertz CT molecular complexity index is 1070. The van der Waals surface area contributed by atoms with Crippen molar-refractivity contribution >= 4 is 33.2 Å². The zero-order valence-electron chi connectivity index (χ0n) is 16.4. The van der Waals surface area contributed by atoms with Crippen LogP contribution in [0.5, 0.6) is 0 Å². The van der Waals surface area contributed by atoms with E-state index in [1.54, 1.807) is 0 Å². The van der Waals surface area contributed by atoms with Gasteiger partial charge in [-0.3, -0.25) is 14.3 Å². The van der Waals surface area contributed by atoms with Crippen LogP contribution in [0, 0.1) is 0 Å². The number of halogens is 3. The van der Waals surface area contributed by atoms with E-state index < -0.39 is 33.6 Å². The van der Waals surface area contributed by atoms with Crippen LogP contribution < -0.4 is 10.0 Å². The molecule has 2 aromatic carbocycles. The van der Waals surface area contributed by atoms with Crippen LogP contribution in [-0.4, -0.2) is 38.4 Å². The number of hydrogen-bond donors (Lipinski definition) is 2. The van der Waals surface area contributed by atoms with Crippen molar-refractivity contribution in [3.8, 4) is 0 Å². The van der Waals surface area contributed by atoms with Crippen molar-refractivity contribution in [2.75, 3.05) is 23.3 Å². The summed E-state index contributed by atoms with van der Waals surface area (Å²) in [5.74, 6) is -1.14. The molecular weight excluding hydrogens is 423 g/mol. The molecule has 0 atom stereocenters. The fraction of sp³-hybridized carbons (Fsp3) is 0.263. The average molecular weight is 443 g/mol. The van der Waals surface area contributed by atoms with Crippen LogP contribution in [0.3, 0.4) is 0 Å². The molecule has 0 aromatic heterocycles. The van der Waals surface area contributed by atoms with Crippen molar-refractivity contribution < 1.29 is 31.2 Å². The molecule has 2 aromatic rings. The molecule has 0 bridgehead atoms. The van der Waals surface area contributed by atoms with Crippen LogP contribution in [-0.2, 0) is 27.5 Å². The summed E-state index contributed by atoms with van der Waals surface area (Å²) in [6.45, 7) is 0.890. The van der Waals surface area contributed by atoms with E-state index in [2.05, 4.69) is 10.0 Å². The van der Waals surface area contributed by atoms with Crippen molar-refractivity contribution in [2.45, 2.75) is 19.6 Å². The average Bonchev–Trinajstić information content (AvgIpc) is 2.60. The summed E-state index contributed by atoms with van der Waals surface area (Å²) in [7, 11) is -2.44. The van der Waals surface area contributed by atoms with Crippen LogP contribution in [0.15, 0.2) is 42.5 Å². The highest BCUT2D eigenvalue weighted by molar-refractivity contribution is 7.92. The molecule has 11 heteroatoms. The number of hydrogen-bond acceptors (Lipinski definition) is 4. The number of alkyl halides is 3. The molecule has 2 rings (SSSR count). The molecule has 0 aliphatic carbocycles. The summed E-state index contributed by atoms with van der Waals surface area (Å²) < 4.78 is 65.1. The lowest BCUT2D eigenvalue weighted by molar-refractivity contribution is -0.138. The first-order valence-corrected chi connectivity index (χ1v) is 10.5. The molecule has 0 saturated heterocycles. The van der Waals surface area contributed by atoms with Gasteiger partial charge in [-0.25, -0.2) is 8.42 Å². The van der Waals surface area contributed by atoms with Gasteiger partial charge in [0.2, 0.25) is 15.9 Å². The number of amides is 2. The first kappa shape index (κ1) is 23.2. The first-order chi connectivity index (χ1) is 13.8. The standard InChI is InChI=1S/C19H20F3N3O4S/c1-12(26)23-14-8-9-17(24-30(3,28)29)15(10-14)18(27)25(2)11-13-6-4-5-7-16(13)19(20,21)22/h4-10,24H,11H2,1-3H3,(H,23,26). The van der Waals surface area contributed by atoms with E-state index in [9.17, 15) is 31.2 Å². The van der Waals surface area contributed by atoms with Gasteiger partial charge in [0.05, 0.1) is 23.1 Å². The Morgan fingerprint density at radius 2 is 1.73 bits per heavy atom. The van der Waals surface area contributed by atoms with Gasteiger partial charge in [-0.2, -0.15) is 13.2 Å². The van der Waals surface area contributed by atoms with Crippen LogP contribution >= 0.6 is 0 Å². The number of sulfonamides is 1. The third-order valence-corrected chi connectivity index (χ3v) is 4.53. The van der Waals surface area contributed by atoms with Gasteiger partial charge in [0, 0.05) is 26.2 Å². The molecule has 30 heavy (non-hydrogen) atoms. The second-order valence-corrected chi connectivity index (χ2v) is 8.38. The van der Waals surface area contributed by atoms with Gasteiger partial charge in [0.25, 0.3) is 5.91 Å². The van der Waals surface area contributed by atoms with Gasteiger partial charge in [-0.1, -0.05) is 18.2 Å². The molecule has 0 unspecified atom stereocenters. The zero-order chi connectivity index (χ0) is 22.7. The molecule has 2 amide bonds. The molecule has 0 saturated carbocycles. The summed E-state index contributed by atoms with van der Waals surface area (Å²) in [5.41, 5.74) is -0.942. The highest BCUT2D eigenvalue weighted by Gasteiger charge is 2.33. The SMILES string of the molecule is CC(=O)Nc1ccc(NS(C)(=O)=O)c(C(=O)N(C)Cc2ccccc2C(F)(F)F)c1. The van der Waals surface area contributed by atoms with E-state index in [0.29, 0.717) is 0 Å². The Kier molecular flexibility index (Phi) is 6.76. The Labute approximate surface area is 171 Å². The van der Waals surface area contributed by atoms with Gasteiger partial charge >= 0.3 is 6.18 Å².